The fourth-order valence-corrected chi connectivity index (χ4v) is 3.85. The van der Waals surface area contributed by atoms with Crippen LogP contribution in [0.4, 0.5) is 5.69 Å². The number of benzene rings is 2. The zero-order valence-electron chi connectivity index (χ0n) is 18.1. The molecule has 30 heavy (non-hydrogen) atoms. The van der Waals surface area contributed by atoms with Gasteiger partial charge in [-0.25, -0.2) is 0 Å². The normalized spacial score (nSPS) is 11.9. The van der Waals surface area contributed by atoms with E-state index in [1.807, 2.05) is 56.1 Å². The molecule has 6 heteroatoms. The van der Waals surface area contributed by atoms with Gasteiger partial charge in [0.05, 0.1) is 5.70 Å². The zero-order valence-corrected chi connectivity index (χ0v) is 18.9. The molecule has 0 aliphatic rings. The molecule has 0 fully saturated rings. The van der Waals surface area contributed by atoms with Gasteiger partial charge in [0.2, 0.25) is 0 Å². The van der Waals surface area contributed by atoms with E-state index in [0.717, 1.165) is 39.8 Å². The molecule has 3 aromatic rings. The summed E-state index contributed by atoms with van der Waals surface area (Å²) in [4.78, 5) is 5.20. The first-order chi connectivity index (χ1) is 14.3. The minimum absolute atomic E-state index is 0.0133. The molecule has 3 rings (SSSR count). The zero-order chi connectivity index (χ0) is 22.0. The lowest BCUT2D eigenvalue weighted by Crippen LogP contribution is -2.36. The van der Waals surface area contributed by atoms with E-state index in [4.69, 9.17) is 12.2 Å². The van der Waals surface area contributed by atoms with Crippen molar-refractivity contribution in [3.05, 3.63) is 59.3 Å². The van der Waals surface area contributed by atoms with E-state index in [-0.39, 0.29) is 17.4 Å². The van der Waals surface area contributed by atoms with E-state index in [2.05, 4.69) is 23.3 Å². The van der Waals surface area contributed by atoms with Crippen LogP contribution in [-0.2, 0) is 0 Å². The predicted octanol–water partition coefficient (Wildman–Crippen LogP) is 5.77. The number of H-pyrrole nitrogens is 1. The van der Waals surface area contributed by atoms with Crippen LogP contribution in [0.15, 0.2) is 42.6 Å². The van der Waals surface area contributed by atoms with Crippen LogP contribution in [0.3, 0.4) is 0 Å². The first-order valence-corrected chi connectivity index (χ1v) is 10.5. The number of aromatic hydroxyl groups is 2. The van der Waals surface area contributed by atoms with Crippen LogP contribution in [0.1, 0.15) is 49.8 Å². The number of fused-ring (bicyclic) bond motifs is 1. The van der Waals surface area contributed by atoms with E-state index in [1.54, 1.807) is 7.05 Å². The number of aryl methyl sites for hydroxylation is 1. The van der Waals surface area contributed by atoms with Gasteiger partial charge < -0.3 is 20.5 Å². The topological polar surface area (TPSA) is 71.5 Å². The third kappa shape index (κ3) is 4.00. The summed E-state index contributed by atoms with van der Waals surface area (Å²) >= 11 is 5.67. The molecule has 0 bridgehead atoms. The monoisotopic (exact) mass is 423 g/mol. The molecule has 5 nitrogen and oxygen atoms in total. The van der Waals surface area contributed by atoms with Gasteiger partial charge in [0.15, 0.2) is 5.11 Å². The number of nitrogens with zero attached hydrogens (tertiary/aromatic N) is 1. The van der Waals surface area contributed by atoms with Crippen molar-refractivity contribution in [1.82, 2.24) is 10.3 Å². The lowest BCUT2D eigenvalue weighted by Gasteiger charge is -2.29. The van der Waals surface area contributed by atoms with Crippen LogP contribution in [0.25, 0.3) is 16.6 Å². The van der Waals surface area contributed by atoms with Gasteiger partial charge >= 0.3 is 0 Å². The highest BCUT2D eigenvalue weighted by molar-refractivity contribution is 7.80. The van der Waals surface area contributed by atoms with Crippen LogP contribution in [0, 0.1) is 6.92 Å². The summed E-state index contributed by atoms with van der Waals surface area (Å²) in [5, 5.41) is 25.7. The fourth-order valence-electron chi connectivity index (χ4n) is 3.64. The fraction of sp³-hybridized carbons (Fsp3) is 0.292. The van der Waals surface area contributed by atoms with Crippen LogP contribution in [-0.4, -0.2) is 27.4 Å². The summed E-state index contributed by atoms with van der Waals surface area (Å²) in [7, 11) is 1.79. The lowest BCUT2D eigenvalue weighted by molar-refractivity contribution is 0.443. The number of thiocarbonyl (C=S) groups is 1. The predicted molar refractivity (Wildman–Crippen MR) is 129 cm³/mol. The summed E-state index contributed by atoms with van der Waals surface area (Å²) < 4.78 is 0. The number of anilines is 1. The minimum Gasteiger partial charge on any atom is -0.508 e. The van der Waals surface area contributed by atoms with E-state index < -0.39 is 0 Å². The number of hydrogen-bond donors (Lipinski definition) is 4. The summed E-state index contributed by atoms with van der Waals surface area (Å²) in [5.74, 6) is 0.212. The molecular weight excluding hydrogens is 394 g/mol. The number of aromatic nitrogens is 1. The highest BCUT2D eigenvalue weighted by atomic mass is 32.1. The Morgan fingerprint density at radius 1 is 1.20 bits per heavy atom. The average molecular weight is 424 g/mol. The highest BCUT2D eigenvalue weighted by Gasteiger charge is 2.23. The van der Waals surface area contributed by atoms with Crippen molar-refractivity contribution in [3.8, 4) is 11.5 Å². The third-order valence-corrected chi connectivity index (χ3v) is 5.62. The first kappa shape index (κ1) is 21.7. The Kier molecular flexibility index (Phi) is 6.37. The second-order valence-corrected chi connectivity index (χ2v) is 8.06. The van der Waals surface area contributed by atoms with Crippen molar-refractivity contribution in [1.29, 1.82) is 0 Å². The number of aromatic amines is 1. The molecule has 0 atom stereocenters. The summed E-state index contributed by atoms with van der Waals surface area (Å²) in [6.45, 7) is 8.13. The first-order valence-electron chi connectivity index (χ1n) is 10.1. The van der Waals surface area contributed by atoms with Crippen molar-refractivity contribution < 1.29 is 10.2 Å². The van der Waals surface area contributed by atoms with Crippen LogP contribution in [0.2, 0.25) is 0 Å². The Morgan fingerprint density at radius 3 is 2.57 bits per heavy atom. The van der Waals surface area contributed by atoms with E-state index in [9.17, 15) is 10.2 Å². The minimum atomic E-state index is 0.0133. The molecule has 1 heterocycles. The maximum Gasteiger partial charge on any atom is 0.177 e. The number of phenolic OH excluding ortho intramolecular Hbond substituents is 2. The van der Waals surface area contributed by atoms with Gasteiger partial charge in [-0.1, -0.05) is 26.8 Å². The molecule has 0 spiro atoms. The number of phenols is 2. The van der Waals surface area contributed by atoms with Gasteiger partial charge in [0.1, 0.15) is 11.5 Å². The largest absolute Gasteiger partial charge is 0.508 e. The molecule has 0 aliphatic carbocycles. The molecule has 0 saturated carbocycles. The van der Waals surface area contributed by atoms with Crippen LogP contribution in [0.5, 0.6) is 11.5 Å². The van der Waals surface area contributed by atoms with Crippen molar-refractivity contribution in [2.24, 2.45) is 0 Å². The van der Waals surface area contributed by atoms with Gasteiger partial charge in [0, 0.05) is 41.5 Å². The Balaban J connectivity index is 2.24. The number of allylic oxidation sites excluding steroid dienone is 1. The molecule has 158 valence electrons. The van der Waals surface area contributed by atoms with Gasteiger partial charge in [-0.3, -0.25) is 4.90 Å². The van der Waals surface area contributed by atoms with Crippen LogP contribution < -0.4 is 10.2 Å². The molecule has 0 amide bonds. The van der Waals surface area contributed by atoms with E-state index in [1.165, 1.54) is 6.07 Å². The Bertz CT molecular complexity index is 1120. The Hall–Kier alpha value is -2.99. The summed E-state index contributed by atoms with van der Waals surface area (Å²) in [5.41, 5.74) is 5.27. The van der Waals surface area contributed by atoms with Crippen LogP contribution >= 0.6 is 12.2 Å². The SMILES string of the molecule is CCC=C(c1cc(C(C)C)c(O)cc1O)N(C(=S)NC)c1ccc2[nH]cc(C)c2c1. The van der Waals surface area contributed by atoms with Gasteiger partial charge in [-0.15, -0.1) is 0 Å². The Morgan fingerprint density at radius 2 is 1.93 bits per heavy atom. The molecule has 0 radical (unpaired) electrons. The standard InChI is InChI=1S/C24H29N3O2S/c1-6-7-21(19-11-17(14(2)3)22(28)12-23(19)29)27(24(30)25-5)16-8-9-20-18(10-16)15(4)13-26-20/h7-14,26,28-29H,6H2,1-5H3,(H,25,30). The second kappa shape index (κ2) is 8.79. The molecule has 0 saturated heterocycles. The third-order valence-electron chi connectivity index (χ3n) is 5.23. The Labute approximate surface area is 183 Å². The van der Waals surface area contributed by atoms with Crippen molar-refractivity contribution in [2.45, 2.75) is 40.0 Å². The van der Waals surface area contributed by atoms with Gasteiger partial charge in [0.25, 0.3) is 0 Å². The number of rotatable bonds is 5. The van der Waals surface area contributed by atoms with Crippen molar-refractivity contribution in [2.75, 3.05) is 11.9 Å². The van der Waals surface area contributed by atoms with E-state index >= 15 is 0 Å². The van der Waals surface area contributed by atoms with Crippen molar-refractivity contribution in [3.63, 3.8) is 0 Å². The summed E-state index contributed by atoms with van der Waals surface area (Å²) in [6, 6.07) is 9.39. The van der Waals surface area contributed by atoms with Gasteiger partial charge in [-0.2, -0.15) is 0 Å². The molecule has 0 unspecified atom stereocenters. The number of nitrogens with one attached hydrogen (secondary N) is 2. The smallest absolute Gasteiger partial charge is 0.177 e. The highest BCUT2D eigenvalue weighted by Crippen LogP contribution is 2.39. The van der Waals surface area contributed by atoms with Gasteiger partial charge in [-0.05, 0) is 66.9 Å². The molecular formula is C24H29N3O2S. The quantitative estimate of drug-likeness (QED) is 0.392. The molecule has 0 aliphatic heterocycles. The maximum atomic E-state index is 10.7. The van der Waals surface area contributed by atoms with Crippen molar-refractivity contribution >= 4 is 39.6 Å². The molecule has 4 N–H and O–H groups in total. The second-order valence-electron chi connectivity index (χ2n) is 7.67. The lowest BCUT2D eigenvalue weighted by atomic mass is 9.96. The molecule has 2 aromatic carbocycles. The average Bonchev–Trinajstić information content (AvgIpc) is 3.08. The summed E-state index contributed by atoms with van der Waals surface area (Å²) in [6.07, 6.45) is 4.77. The van der Waals surface area contributed by atoms with E-state index in [0.29, 0.717) is 10.7 Å². The molecule has 1 aromatic heterocycles. The maximum absolute atomic E-state index is 10.7. The number of hydrogen-bond acceptors (Lipinski definition) is 3.